The number of anilines is 1. The number of amides is 2. The highest BCUT2D eigenvalue weighted by Crippen LogP contribution is 2.27. The zero-order valence-electron chi connectivity index (χ0n) is 14.4. The van der Waals surface area contributed by atoms with E-state index in [9.17, 15) is 9.59 Å². The van der Waals surface area contributed by atoms with E-state index in [1.165, 1.54) is 17.4 Å². The zero-order chi connectivity index (χ0) is 18.6. The van der Waals surface area contributed by atoms with E-state index in [1.807, 2.05) is 6.07 Å². The molecular weight excluding hydrogens is 366 g/mol. The number of hydrogen-bond donors (Lipinski definition) is 1. The molecule has 0 spiro atoms. The molecule has 1 N–H and O–H groups in total. The second kappa shape index (κ2) is 7.73. The predicted octanol–water partition coefficient (Wildman–Crippen LogP) is 3.01. The third-order valence-corrected chi connectivity index (χ3v) is 5.04. The highest BCUT2D eigenvalue weighted by Gasteiger charge is 2.19. The highest BCUT2D eigenvalue weighted by atomic mass is 32.1. The van der Waals surface area contributed by atoms with Crippen LogP contribution >= 0.6 is 11.3 Å². The Labute approximate surface area is 159 Å². The summed E-state index contributed by atoms with van der Waals surface area (Å²) in [7, 11) is 0. The molecule has 3 aromatic rings. The summed E-state index contributed by atoms with van der Waals surface area (Å²) >= 11 is 1.33. The first-order valence-electron chi connectivity index (χ1n) is 8.49. The Bertz CT molecular complexity index is 988. The Balaban J connectivity index is 1.47. The van der Waals surface area contributed by atoms with Crippen molar-refractivity contribution >= 4 is 44.6 Å². The third kappa shape index (κ3) is 4.07. The average molecular weight is 383 g/mol. The fourth-order valence-electron chi connectivity index (χ4n) is 2.75. The van der Waals surface area contributed by atoms with Crippen LogP contribution in [0.3, 0.4) is 0 Å². The van der Waals surface area contributed by atoms with E-state index in [2.05, 4.69) is 10.3 Å². The van der Waals surface area contributed by atoms with Gasteiger partial charge in [-0.3, -0.25) is 14.9 Å². The van der Waals surface area contributed by atoms with Gasteiger partial charge in [-0.05, 0) is 36.4 Å². The Hall–Kier alpha value is -2.97. The van der Waals surface area contributed by atoms with Crippen LogP contribution in [0.25, 0.3) is 16.3 Å². The SMILES string of the molecule is O=C(C=Cc1ccco1)Nc1nc2ccc(C(=O)N3CCOCC3)cc2s1. The van der Waals surface area contributed by atoms with Crippen LogP contribution in [0.15, 0.2) is 47.1 Å². The molecule has 0 atom stereocenters. The summed E-state index contributed by atoms with van der Waals surface area (Å²) < 4.78 is 11.3. The summed E-state index contributed by atoms with van der Waals surface area (Å²) in [4.78, 5) is 30.8. The molecule has 0 unspecified atom stereocenters. The number of nitrogens with zero attached hydrogens (tertiary/aromatic N) is 2. The quantitative estimate of drug-likeness (QED) is 0.700. The normalized spacial score (nSPS) is 14.7. The van der Waals surface area contributed by atoms with Crippen molar-refractivity contribution in [2.24, 2.45) is 0 Å². The maximum absolute atomic E-state index is 12.6. The first kappa shape index (κ1) is 17.4. The molecule has 0 bridgehead atoms. The minimum atomic E-state index is -0.296. The van der Waals surface area contributed by atoms with Gasteiger partial charge in [0.1, 0.15) is 5.76 Å². The molecule has 138 valence electrons. The number of fused-ring (bicyclic) bond motifs is 1. The average Bonchev–Trinajstić information content (AvgIpc) is 3.35. The highest BCUT2D eigenvalue weighted by molar-refractivity contribution is 7.22. The third-order valence-electron chi connectivity index (χ3n) is 4.11. The van der Waals surface area contributed by atoms with Gasteiger partial charge < -0.3 is 14.1 Å². The van der Waals surface area contributed by atoms with Crippen molar-refractivity contribution in [3.05, 3.63) is 54.0 Å². The lowest BCUT2D eigenvalue weighted by molar-refractivity contribution is -0.111. The molecule has 0 saturated carbocycles. The molecule has 4 rings (SSSR count). The van der Waals surface area contributed by atoms with Crippen LogP contribution in [0.5, 0.6) is 0 Å². The van der Waals surface area contributed by atoms with Crippen LogP contribution in [0.2, 0.25) is 0 Å². The first-order valence-corrected chi connectivity index (χ1v) is 9.31. The number of furan rings is 1. The van der Waals surface area contributed by atoms with Crippen molar-refractivity contribution in [1.29, 1.82) is 0 Å². The first-order chi connectivity index (χ1) is 13.2. The number of benzene rings is 1. The lowest BCUT2D eigenvalue weighted by atomic mass is 10.2. The van der Waals surface area contributed by atoms with E-state index in [1.54, 1.807) is 41.5 Å². The van der Waals surface area contributed by atoms with Crippen molar-refractivity contribution in [3.8, 4) is 0 Å². The summed E-state index contributed by atoms with van der Waals surface area (Å²) in [6.07, 6.45) is 4.51. The van der Waals surface area contributed by atoms with E-state index in [-0.39, 0.29) is 11.8 Å². The molecule has 1 saturated heterocycles. The molecular formula is C19H17N3O4S. The molecule has 2 amide bonds. The lowest BCUT2D eigenvalue weighted by Crippen LogP contribution is -2.40. The van der Waals surface area contributed by atoms with E-state index in [0.717, 1.165) is 10.2 Å². The van der Waals surface area contributed by atoms with Crippen molar-refractivity contribution in [2.45, 2.75) is 0 Å². The van der Waals surface area contributed by atoms with Crippen molar-refractivity contribution in [1.82, 2.24) is 9.88 Å². The molecule has 0 aliphatic carbocycles. The number of morpholine rings is 1. The summed E-state index contributed by atoms with van der Waals surface area (Å²) in [5, 5.41) is 3.22. The zero-order valence-corrected chi connectivity index (χ0v) is 15.2. The molecule has 1 aliphatic heterocycles. The molecule has 0 radical (unpaired) electrons. The number of ether oxygens (including phenoxy) is 1. The van der Waals surface area contributed by atoms with Gasteiger partial charge >= 0.3 is 0 Å². The van der Waals surface area contributed by atoms with Crippen LogP contribution in [0, 0.1) is 0 Å². The van der Waals surface area contributed by atoms with Crippen LogP contribution in [-0.2, 0) is 9.53 Å². The minimum Gasteiger partial charge on any atom is -0.465 e. The molecule has 2 aromatic heterocycles. The monoisotopic (exact) mass is 383 g/mol. The van der Waals surface area contributed by atoms with Gasteiger partial charge in [-0.15, -0.1) is 0 Å². The summed E-state index contributed by atoms with van der Waals surface area (Å²) in [6, 6.07) is 8.89. The molecule has 8 heteroatoms. The molecule has 1 aromatic carbocycles. The number of hydrogen-bond acceptors (Lipinski definition) is 6. The molecule has 1 aliphatic rings. The van der Waals surface area contributed by atoms with Crippen molar-refractivity contribution < 1.29 is 18.7 Å². The maximum atomic E-state index is 12.6. The molecule has 7 nitrogen and oxygen atoms in total. The van der Waals surface area contributed by atoms with Crippen LogP contribution in [0.4, 0.5) is 5.13 Å². The maximum Gasteiger partial charge on any atom is 0.254 e. The largest absolute Gasteiger partial charge is 0.465 e. The van der Waals surface area contributed by atoms with Gasteiger partial charge in [-0.1, -0.05) is 11.3 Å². The minimum absolute atomic E-state index is 0.0134. The van der Waals surface area contributed by atoms with Gasteiger partial charge in [0, 0.05) is 24.7 Å². The Morgan fingerprint density at radius 3 is 2.85 bits per heavy atom. The summed E-state index contributed by atoms with van der Waals surface area (Å²) in [5.74, 6) is 0.288. The smallest absolute Gasteiger partial charge is 0.254 e. The summed E-state index contributed by atoms with van der Waals surface area (Å²) in [6.45, 7) is 2.33. The van der Waals surface area contributed by atoms with Crippen LogP contribution in [-0.4, -0.2) is 48.0 Å². The number of carbonyl (C=O) groups excluding carboxylic acids is 2. The number of carbonyl (C=O) groups is 2. The van der Waals surface area contributed by atoms with Gasteiger partial charge in [0.2, 0.25) is 5.91 Å². The fourth-order valence-corrected chi connectivity index (χ4v) is 3.66. The van der Waals surface area contributed by atoms with E-state index < -0.39 is 0 Å². The fraction of sp³-hybridized carbons (Fsp3) is 0.211. The van der Waals surface area contributed by atoms with Gasteiger partial charge in [-0.2, -0.15) is 0 Å². The van der Waals surface area contributed by atoms with Gasteiger partial charge in [0.05, 0.1) is 29.7 Å². The standard InChI is InChI=1S/C19H17N3O4S/c23-17(6-4-14-2-1-9-26-14)21-19-20-15-5-3-13(12-16(15)27-19)18(24)22-7-10-25-11-8-22/h1-6,9,12H,7-8,10-11H2,(H,20,21,23). The predicted molar refractivity (Wildman–Crippen MR) is 103 cm³/mol. The Morgan fingerprint density at radius 2 is 2.07 bits per heavy atom. The topological polar surface area (TPSA) is 84.7 Å². The Kier molecular flexibility index (Phi) is 4.99. The van der Waals surface area contributed by atoms with Gasteiger partial charge in [-0.25, -0.2) is 4.98 Å². The van der Waals surface area contributed by atoms with Crippen LogP contribution < -0.4 is 5.32 Å². The lowest BCUT2D eigenvalue weighted by Gasteiger charge is -2.26. The summed E-state index contributed by atoms with van der Waals surface area (Å²) in [5.41, 5.74) is 1.35. The second-order valence-corrected chi connectivity index (χ2v) is 6.97. The second-order valence-electron chi connectivity index (χ2n) is 5.94. The van der Waals surface area contributed by atoms with E-state index >= 15 is 0 Å². The van der Waals surface area contributed by atoms with Crippen LogP contribution in [0.1, 0.15) is 16.1 Å². The van der Waals surface area contributed by atoms with Crippen molar-refractivity contribution in [3.63, 3.8) is 0 Å². The van der Waals surface area contributed by atoms with Gasteiger partial charge in [0.25, 0.3) is 5.91 Å². The van der Waals surface area contributed by atoms with E-state index in [0.29, 0.717) is 42.8 Å². The number of nitrogens with one attached hydrogen (secondary N) is 1. The molecule has 27 heavy (non-hydrogen) atoms. The molecule has 1 fully saturated rings. The van der Waals surface area contributed by atoms with Gasteiger partial charge in [0.15, 0.2) is 5.13 Å². The number of thiazole rings is 1. The van der Waals surface area contributed by atoms with Crippen molar-refractivity contribution in [2.75, 3.05) is 31.6 Å². The van der Waals surface area contributed by atoms with E-state index in [4.69, 9.17) is 9.15 Å². The number of aromatic nitrogens is 1. The molecule has 3 heterocycles. The number of rotatable bonds is 4. The Morgan fingerprint density at radius 1 is 1.22 bits per heavy atom.